The Balaban J connectivity index is 1.65. The molecular weight excluding hydrogens is 264 g/mol. The van der Waals surface area contributed by atoms with E-state index in [0.29, 0.717) is 5.54 Å². The number of nitrogens with zero attached hydrogens (tertiary/aromatic N) is 1. The summed E-state index contributed by atoms with van der Waals surface area (Å²) in [7, 11) is 0. The molecule has 0 amide bonds. The first-order valence-corrected chi connectivity index (χ1v) is 8.70. The molecule has 1 aromatic carbocycles. The van der Waals surface area contributed by atoms with Crippen LogP contribution in [0.4, 0.5) is 5.69 Å². The highest BCUT2D eigenvalue weighted by Gasteiger charge is 2.36. The summed E-state index contributed by atoms with van der Waals surface area (Å²) in [6.07, 6.45) is 6.74. The lowest BCUT2D eigenvalue weighted by atomic mass is 9.97. The first-order valence-electron chi connectivity index (χ1n) is 7.82. The number of thiophene rings is 1. The Kier molecular flexibility index (Phi) is 3.20. The zero-order valence-corrected chi connectivity index (χ0v) is 12.7. The predicted octanol–water partition coefficient (Wildman–Crippen LogP) is 4.01. The highest BCUT2D eigenvalue weighted by molar-refractivity contribution is 7.17. The molecule has 1 aliphatic heterocycles. The zero-order valence-electron chi connectivity index (χ0n) is 11.9. The summed E-state index contributed by atoms with van der Waals surface area (Å²) in [6.45, 7) is 3.55. The van der Waals surface area contributed by atoms with E-state index in [0.717, 1.165) is 0 Å². The van der Waals surface area contributed by atoms with Crippen LogP contribution in [-0.4, -0.2) is 25.2 Å². The van der Waals surface area contributed by atoms with Crippen molar-refractivity contribution in [3.05, 3.63) is 29.6 Å². The summed E-state index contributed by atoms with van der Waals surface area (Å²) in [6, 6.07) is 9.21. The second kappa shape index (κ2) is 5.05. The molecule has 4 rings (SSSR count). The average molecular weight is 286 g/mol. The minimum Gasteiger partial charge on any atom is -0.370 e. The molecule has 1 saturated heterocycles. The first-order chi connectivity index (χ1) is 9.85. The van der Waals surface area contributed by atoms with Gasteiger partial charge in [0.2, 0.25) is 0 Å². The van der Waals surface area contributed by atoms with Crippen molar-refractivity contribution >= 4 is 27.1 Å². The van der Waals surface area contributed by atoms with E-state index >= 15 is 0 Å². The van der Waals surface area contributed by atoms with Gasteiger partial charge in [0, 0.05) is 29.0 Å². The van der Waals surface area contributed by atoms with Gasteiger partial charge in [-0.15, -0.1) is 11.3 Å². The van der Waals surface area contributed by atoms with Crippen LogP contribution >= 0.6 is 11.3 Å². The van der Waals surface area contributed by atoms with E-state index in [4.69, 9.17) is 0 Å². The minimum absolute atomic E-state index is 0.389. The molecule has 0 radical (unpaired) electrons. The Morgan fingerprint density at radius 2 is 2.00 bits per heavy atom. The van der Waals surface area contributed by atoms with Gasteiger partial charge in [-0.25, -0.2) is 0 Å². The summed E-state index contributed by atoms with van der Waals surface area (Å²) < 4.78 is 1.40. The molecule has 2 aliphatic rings. The summed E-state index contributed by atoms with van der Waals surface area (Å²) in [5, 5.41) is 7.43. The van der Waals surface area contributed by atoms with Crippen LogP contribution in [0.2, 0.25) is 0 Å². The van der Waals surface area contributed by atoms with Gasteiger partial charge in [0.15, 0.2) is 0 Å². The quantitative estimate of drug-likeness (QED) is 0.852. The van der Waals surface area contributed by atoms with Crippen molar-refractivity contribution in [1.29, 1.82) is 0 Å². The third-order valence-electron chi connectivity index (χ3n) is 4.96. The third kappa shape index (κ3) is 2.23. The van der Waals surface area contributed by atoms with Crippen molar-refractivity contribution in [3.63, 3.8) is 0 Å². The molecule has 0 unspecified atom stereocenters. The SMILES string of the molecule is c1cc2cc(N3CCCNC4(CCCC4)C3)ccc2s1. The summed E-state index contributed by atoms with van der Waals surface area (Å²) in [4.78, 5) is 2.61. The van der Waals surface area contributed by atoms with Gasteiger partial charge in [0.25, 0.3) is 0 Å². The Morgan fingerprint density at radius 3 is 2.90 bits per heavy atom. The molecule has 2 fully saturated rings. The standard InChI is InChI=1S/C17H22N2S/c1-2-8-17(7-1)13-19(10-3-9-18-17)15-4-5-16-14(12-15)6-11-20-16/h4-6,11-12,18H,1-3,7-10,13H2. The van der Waals surface area contributed by atoms with E-state index in [1.165, 1.54) is 67.5 Å². The van der Waals surface area contributed by atoms with Crippen molar-refractivity contribution in [3.8, 4) is 0 Å². The van der Waals surface area contributed by atoms with E-state index in [-0.39, 0.29) is 0 Å². The highest BCUT2D eigenvalue weighted by Crippen LogP contribution is 2.34. The predicted molar refractivity (Wildman–Crippen MR) is 87.9 cm³/mol. The minimum atomic E-state index is 0.389. The van der Waals surface area contributed by atoms with Crippen LogP contribution in [-0.2, 0) is 0 Å². The summed E-state index contributed by atoms with van der Waals surface area (Å²) in [5.41, 5.74) is 1.80. The third-order valence-corrected chi connectivity index (χ3v) is 5.86. The fraction of sp³-hybridized carbons (Fsp3) is 0.529. The van der Waals surface area contributed by atoms with Gasteiger partial charge in [-0.1, -0.05) is 12.8 Å². The summed E-state index contributed by atoms with van der Waals surface area (Å²) >= 11 is 1.83. The molecule has 1 saturated carbocycles. The molecule has 106 valence electrons. The van der Waals surface area contributed by atoms with Gasteiger partial charge < -0.3 is 10.2 Å². The van der Waals surface area contributed by atoms with Crippen LogP contribution in [0.15, 0.2) is 29.6 Å². The largest absolute Gasteiger partial charge is 0.370 e. The number of fused-ring (bicyclic) bond motifs is 1. The molecule has 3 heteroatoms. The lowest BCUT2D eigenvalue weighted by molar-refractivity contribution is 0.354. The molecule has 0 atom stereocenters. The molecule has 2 heterocycles. The number of hydrogen-bond donors (Lipinski definition) is 1. The van der Waals surface area contributed by atoms with Crippen LogP contribution in [0.5, 0.6) is 0 Å². The van der Waals surface area contributed by atoms with Crippen molar-refractivity contribution < 1.29 is 0 Å². The molecule has 20 heavy (non-hydrogen) atoms. The molecule has 1 spiro atoms. The van der Waals surface area contributed by atoms with Crippen molar-refractivity contribution in [2.75, 3.05) is 24.5 Å². The summed E-state index contributed by atoms with van der Waals surface area (Å²) in [5.74, 6) is 0. The van der Waals surface area contributed by atoms with Gasteiger partial charge in [0.1, 0.15) is 0 Å². The van der Waals surface area contributed by atoms with Crippen LogP contribution in [0.1, 0.15) is 32.1 Å². The first kappa shape index (κ1) is 12.7. The zero-order chi connectivity index (χ0) is 13.4. The number of anilines is 1. The molecule has 1 N–H and O–H groups in total. The second-order valence-corrected chi connectivity index (χ2v) is 7.28. The fourth-order valence-corrected chi connectivity index (χ4v) is 4.65. The topological polar surface area (TPSA) is 15.3 Å². The van der Waals surface area contributed by atoms with Crippen LogP contribution in [0, 0.1) is 0 Å². The van der Waals surface area contributed by atoms with E-state index in [1.807, 2.05) is 11.3 Å². The number of nitrogens with one attached hydrogen (secondary N) is 1. The van der Waals surface area contributed by atoms with E-state index in [2.05, 4.69) is 39.9 Å². The molecule has 2 nitrogen and oxygen atoms in total. The maximum absolute atomic E-state index is 3.85. The highest BCUT2D eigenvalue weighted by atomic mass is 32.1. The van der Waals surface area contributed by atoms with Crippen molar-refractivity contribution in [2.24, 2.45) is 0 Å². The van der Waals surface area contributed by atoms with Crippen molar-refractivity contribution in [2.45, 2.75) is 37.6 Å². The van der Waals surface area contributed by atoms with Crippen LogP contribution in [0.3, 0.4) is 0 Å². The van der Waals surface area contributed by atoms with Crippen molar-refractivity contribution in [1.82, 2.24) is 5.32 Å². The van der Waals surface area contributed by atoms with Crippen LogP contribution in [0.25, 0.3) is 10.1 Å². The molecule has 2 aromatic rings. The van der Waals surface area contributed by atoms with Gasteiger partial charge in [-0.05, 0) is 60.8 Å². The Hall–Kier alpha value is -1.06. The molecule has 0 bridgehead atoms. The van der Waals surface area contributed by atoms with Gasteiger partial charge in [0.05, 0.1) is 0 Å². The monoisotopic (exact) mass is 286 g/mol. The normalized spacial score (nSPS) is 22.5. The number of hydrogen-bond acceptors (Lipinski definition) is 3. The Morgan fingerprint density at radius 1 is 1.10 bits per heavy atom. The van der Waals surface area contributed by atoms with E-state index in [9.17, 15) is 0 Å². The maximum Gasteiger partial charge on any atom is 0.0373 e. The fourth-order valence-electron chi connectivity index (χ4n) is 3.88. The van der Waals surface area contributed by atoms with E-state index < -0.39 is 0 Å². The Labute approximate surface area is 124 Å². The lowest BCUT2D eigenvalue weighted by Gasteiger charge is -2.34. The van der Waals surface area contributed by atoms with E-state index in [1.54, 1.807) is 0 Å². The smallest absolute Gasteiger partial charge is 0.0373 e. The van der Waals surface area contributed by atoms with Gasteiger partial charge in [-0.3, -0.25) is 0 Å². The number of rotatable bonds is 1. The second-order valence-electron chi connectivity index (χ2n) is 6.33. The average Bonchev–Trinajstić information content (AvgIpc) is 3.05. The maximum atomic E-state index is 3.85. The lowest BCUT2D eigenvalue weighted by Crippen LogP contribution is -2.49. The molecule has 1 aromatic heterocycles. The number of benzene rings is 1. The van der Waals surface area contributed by atoms with Crippen LogP contribution < -0.4 is 10.2 Å². The molecule has 1 aliphatic carbocycles. The van der Waals surface area contributed by atoms with Gasteiger partial charge >= 0.3 is 0 Å². The Bertz CT molecular complexity index is 598. The van der Waals surface area contributed by atoms with Gasteiger partial charge in [-0.2, -0.15) is 0 Å². The molecular formula is C17H22N2S.